The monoisotopic (exact) mass is 449 g/mol. The summed E-state index contributed by atoms with van der Waals surface area (Å²) in [6, 6.07) is 2.48. The van der Waals surface area contributed by atoms with Gasteiger partial charge in [0.15, 0.2) is 23.1 Å². The second kappa shape index (κ2) is 9.85. The summed E-state index contributed by atoms with van der Waals surface area (Å²) in [5, 5.41) is 2.53. The van der Waals surface area contributed by atoms with Crippen molar-refractivity contribution < 1.29 is 27.5 Å². The Balaban J connectivity index is 1.48. The Morgan fingerprint density at radius 3 is 2.72 bits per heavy atom. The van der Waals surface area contributed by atoms with Gasteiger partial charge < -0.3 is 24.1 Å². The third-order valence-electron chi connectivity index (χ3n) is 5.90. The van der Waals surface area contributed by atoms with Gasteiger partial charge in [0.2, 0.25) is 0 Å². The van der Waals surface area contributed by atoms with Crippen molar-refractivity contribution >= 4 is 17.6 Å². The van der Waals surface area contributed by atoms with Crippen molar-refractivity contribution in [1.29, 1.82) is 0 Å². The van der Waals surface area contributed by atoms with E-state index < -0.39 is 23.3 Å². The molecule has 4 rings (SSSR count). The van der Waals surface area contributed by atoms with Crippen LogP contribution in [0.2, 0.25) is 0 Å². The van der Waals surface area contributed by atoms with Crippen molar-refractivity contribution in [3.63, 3.8) is 0 Å². The Hall–Kier alpha value is -2.68. The van der Waals surface area contributed by atoms with E-state index in [-0.39, 0.29) is 17.5 Å². The second-order valence-corrected chi connectivity index (χ2v) is 8.46. The normalized spacial score (nSPS) is 21.4. The average molecular weight is 449 g/mol. The van der Waals surface area contributed by atoms with E-state index in [1.54, 1.807) is 0 Å². The summed E-state index contributed by atoms with van der Waals surface area (Å²) in [6.45, 7) is 6.49. The minimum atomic E-state index is -0.846. The van der Waals surface area contributed by atoms with E-state index in [4.69, 9.17) is 13.9 Å². The van der Waals surface area contributed by atoms with Crippen molar-refractivity contribution in [1.82, 2.24) is 4.98 Å². The summed E-state index contributed by atoms with van der Waals surface area (Å²) >= 11 is 0. The molecule has 0 bridgehead atoms. The van der Waals surface area contributed by atoms with Gasteiger partial charge >= 0.3 is 0 Å². The molecule has 0 radical (unpaired) electrons. The van der Waals surface area contributed by atoms with Gasteiger partial charge in [0.25, 0.3) is 11.9 Å². The lowest BCUT2D eigenvalue weighted by Crippen LogP contribution is -2.26. The minimum Gasteiger partial charge on any atom is -0.484 e. The molecular formula is C23H29F2N3O4. The molecule has 32 heavy (non-hydrogen) atoms. The Labute approximate surface area is 186 Å². The first-order chi connectivity index (χ1) is 15.4. The highest BCUT2D eigenvalue weighted by molar-refractivity contribution is 6.03. The van der Waals surface area contributed by atoms with E-state index in [9.17, 15) is 13.6 Å². The van der Waals surface area contributed by atoms with Gasteiger partial charge in [-0.3, -0.25) is 4.79 Å². The number of carbonyl (C=O) groups is 1. The number of nitrogens with zero attached hydrogens (tertiary/aromatic N) is 2. The first-order valence-electron chi connectivity index (χ1n) is 11.2. The smallest absolute Gasteiger partial charge is 0.298 e. The molecule has 1 aromatic carbocycles. The largest absolute Gasteiger partial charge is 0.484 e. The zero-order valence-corrected chi connectivity index (χ0v) is 18.5. The lowest BCUT2D eigenvalue weighted by molar-refractivity contribution is 0.102. The summed E-state index contributed by atoms with van der Waals surface area (Å²) in [4.78, 5) is 19.1. The molecule has 2 atom stereocenters. The first kappa shape index (κ1) is 22.5. The summed E-state index contributed by atoms with van der Waals surface area (Å²) in [6.07, 6.45) is 3.61. The van der Waals surface area contributed by atoms with E-state index >= 15 is 0 Å². The summed E-state index contributed by atoms with van der Waals surface area (Å²) in [5.74, 6) is -1.78. The number of nitrogens with one attached hydrogen (secondary N) is 1. The highest BCUT2D eigenvalue weighted by atomic mass is 19.1. The van der Waals surface area contributed by atoms with Crippen LogP contribution in [-0.4, -0.2) is 43.3 Å². The number of carbonyl (C=O) groups excluding carboxylic acids is 1. The van der Waals surface area contributed by atoms with Crippen LogP contribution in [0.4, 0.5) is 20.5 Å². The summed E-state index contributed by atoms with van der Waals surface area (Å²) in [7, 11) is 0. The summed E-state index contributed by atoms with van der Waals surface area (Å²) in [5.41, 5.74) is 0.0978. The lowest BCUT2D eigenvalue weighted by atomic mass is 10.1. The number of hydrogen-bond donors (Lipinski definition) is 1. The Bertz CT molecular complexity index is 934. The third-order valence-corrected chi connectivity index (χ3v) is 5.90. The number of halogens is 2. The van der Waals surface area contributed by atoms with Crippen LogP contribution in [0.1, 0.15) is 55.8 Å². The molecule has 1 N–H and O–H groups in total. The number of hydrogen-bond acceptors (Lipinski definition) is 6. The zero-order valence-electron chi connectivity index (χ0n) is 18.5. The number of aryl methyl sites for hydroxylation is 1. The van der Waals surface area contributed by atoms with Gasteiger partial charge in [0.05, 0.1) is 12.7 Å². The molecule has 1 saturated heterocycles. The molecule has 2 aromatic rings. The number of oxazole rings is 1. The second-order valence-electron chi connectivity index (χ2n) is 8.46. The third kappa shape index (κ3) is 5.03. The molecule has 174 valence electrons. The molecule has 2 heterocycles. The maximum atomic E-state index is 14.6. The van der Waals surface area contributed by atoms with Crippen molar-refractivity contribution in [2.45, 2.75) is 52.1 Å². The molecule has 2 aliphatic rings. The van der Waals surface area contributed by atoms with Crippen LogP contribution in [0.25, 0.3) is 0 Å². The predicted octanol–water partition coefficient (Wildman–Crippen LogP) is 4.56. The van der Waals surface area contributed by atoms with Crippen LogP contribution in [-0.2, 0) is 11.2 Å². The molecule has 1 aromatic heterocycles. The standard InChI is InChI=1S/C23H29F2N3O4/c1-3-19-20(27-23(32-19)28-7-4-9-30-10-8-28)22(29)26-15-12-17(24)21(18(25)13-15)31-16-6-5-14(2)11-16/h12-14,16H,3-11H2,1-2H3,(H,26,29). The number of ether oxygens (including phenoxy) is 2. The molecule has 2 unspecified atom stereocenters. The van der Waals surface area contributed by atoms with Gasteiger partial charge in [-0.2, -0.15) is 4.98 Å². The highest BCUT2D eigenvalue weighted by Gasteiger charge is 2.27. The van der Waals surface area contributed by atoms with Gasteiger partial charge in [-0.25, -0.2) is 8.78 Å². The molecule has 0 spiro atoms. The van der Waals surface area contributed by atoms with Crippen molar-refractivity contribution in [2.24, 2.45) is 5.92 Å². The zero-order chi connectivity index (χ0) is 22.7. The molecule has 1 saturated carbocycles. The van der Waals surface area contributed by atoms with E-state index in [0.717, 1.165) is 37.8 Å². The fourth-order valence-electron chi connectivity index (χ4n) is 4.19. The molecule has 1 amide bonds. The molecule has 1 aliphatic carbocycles. The SMILES string of the molecule is CCc1oc(N2CCCOCC2)nc1C(=O)Nc1cc(F)c(OC2CCC(C)C2)c(F)c1. The molecule has 2 fully saturated rings. The Morgan fingerprint density at radius 1 is 1.25 bits per heavy atom. The van der Waals surface area contributed by atoms with Gasteiger partial charge in [-0.05, 0) is 31.6 Å². The highest BCUT2D eigenvalue weighted by Crippen LogP contribution is 2.33. The first-order valence-corrected chi connectivity index (χ1v) is 11.2. The van der Waals surface area contributed by atoms with E-state index in [1.807, 2.05) is 11.8 Å². The molecular weight excluding hydrogens is 420 g/mol. The fraction of sp³-hybridized carbons (Fsp3) is 0.565. The van der Waals surface area contributed by atoms with Crippen molar-refractivity contribution in [3.05, 3.63) is 35.2 Å². The molecule has 1 aliphatic heterocycles. The lowest BCUT2D eigenvalue weighted by Gasteiger charge is -2.16. The topological polar surface area (TPSA) is 76.8 Å². The van der Waals surface area contributed by atoms with Crippen LogP contribution in [0.3, 0.4) is 0 Å². The Morgan fingerprint density at radius 2 is 2.03 bits per heavy atom. The molecule has 7 nitrogen and oxygen atoms in total. The molecule has 9 heteroatoms. The Kier molecular flexibility index (Phi) is 6.93. The average Bonchev–Trinajstić information content (AvgIpc) is 3.28. The maximum absolute atomic E-state index is 14.6. The number of anilines is 2. The summed E-state index contributed by atoms with van der Waals surface area (Å²) < 4.78 is 46.0. The van der Waals surface area contributed by atoms with Crippen molar-refractivity contribution in [2.75, 3.05) is 36.5 Å². The van der Waals surface area contributed by atoms with E-state index in [1.165, 1.54) is 0 Å². The minimum absolute atomic E-state index is 0.00749. The fourth-order valence-corrected chi connectivity index (χ4v) is 4.19. The number of amides is 1. The van der Waals surface area contributed by atoms with Crippen LogP contribution in [0.5, 0.6) is 5.75 Å². The van der Waals surface area contributed by atoms with Crippen LogP contribution in [0.15, 0.2) is 16.5 Å². The van der Waals surface area contributed by atoms with Gasteiger partial charge in [0, 0.05) is 43.9 Å². The van der Waals surface area contributed by atoms with Gasteiger partial charge in [-0.1, -0.05) is 13.8 Å². The van der Waals surface area contributed by atoms with Crippen LogP contribution >= 0.6 is 0 Å². The maximum Gasteiger partial charge on any atom is 0.298 e. The van der Waals surface area contributed by atoms with E-state index in [2.05, 4.69) is 17.2 Å². The van der Waals surface area contributed by atoms with Crippen LogP contribution < -0.4 is 15.0 Å². The van der Waals surface area contributed by atoms with Gasteiger partial charge in [0.1, 0.15) is 5.76 Å². The van der Waals surface area contributed by atoms with E-state index in [0.29, 0.717) is 50.4 Å². The number of benzene rings is 1. The van der Waals surface area contributed by atoms with Gasteiger partial charge in [-0.15, -0.1) is 0 Å². The quantitative estimate of drug-likeness (QED) is 0.697. The number of rotatable bonds is 6. The van der Waals surface area contributed by atoms with Crippen molar-refractivity contribution in [3.8, 4) is 5.75 Å². The number of aromatic nitrogens is 1. The van der Waals surface area contributed by atoms with Crippen LogP contribution in [0, 0.1) is 17.6 Å². The predicted molar refractivity (Wildman–Crippen MR) is 115 cm³/mol.